The molecule has 0 saturated carbocycles. The number of nitro groups is 1. The van der Waals surface area contributed by atoms with E-state index in [2.05, 4.69) is 21.2 Å². The minimum absolute atomic E-state index is 0.119. The van der Waals surface area contributed by atoms with E-state index in [-0.39, 0.29) is 33.7 Å². The summed E-state index contributed by atoms with van der Waals surface area (Å²) in [5.74, 6) is -0.359. The lowest BCUT2D eigenvalue weighted by Gasteiger charge is -2.24. The van der Waals surface area contributed by atoms with Crippen molar-refractivity contribution in [1.82, 2.24) is 5.32 Å². The highest BCUT2D eigenvalue weighted by Crippen LogP contribution is 2.28. The number of halogens is 1. The molecule has 0 fully saturated rings. The average Bonchev–Trinajstić information content (AvgIpc) is 2.42. The second-order valence-corrected chi connectivity index (χ2v) is 6.36. The zero-order valence-electron chi connectivity index (χ0n) is 12.1. The molecule has 1 aromatic rings. The Hall–Kier alpha value is -1.47. The first-order chi connectivity index (χ1) is 9.78. The monoisotopic (exact) mass is 358 g/mol. The highest BCUT2D eigenvalue weighted by molar-refractivity contribution is 9.10. The number of carbonyl (C=O) groups excluding carboxylic acids is 1. The molecule has 0 atom stereocenters. The van der Waals surface area contributed by atoms with Crippen molar-refractivity contribution in [2.24, 2.45) is 5.41 Å². The van der Waals surface area contributed by atoms with E-state index >= 15 is 0 Å². The fraction of sp³-hybridized carbons (Fsp3) is 0.500. The van der Waals surface area contributed by atoms with E-state index in [1.165, 1.54) is 18.2 Å². The van der Waals surface area contributed by atoms with E-state index < -0.39 is 4.92 Å². The van der Waals surface area contributed by atoms with Crippen LogP contribution in [-0.2, 0) is 0 Å². The normalized spacial score (nSPS) is 11.2. The molecule has 2 N–H and O–H groups in total. The van der Waals surface area contributed by atoms with Crippen molar-refractivity contribution in [3.63, 3.8) is 0 Å². The Morgan fingerprint density at radius 3 is 2.71 bits per heavy atom. The third-order valence-electron chi connectivity index (χ3n) is 3.16. The van der Waals surface area contributed by atoms with Gasteiger partial charge in [-0.2, -0.15) is 0 Å². The third-order valence-corrected chi connectivity index (χ3v) is 3.99. The molecule has 1 amide bonds. The van der Waals surface area contributed by atoms with Crippen LogP contribution in [0.5, 0.6) is 0 Å². The fourth-order valence-electron chi connectivity index (χ4n) is 1.90. The molecule has 1 aromatic carbocycles. The summed E-state index contributed by atoms with van der Waals surface area (Å²) in [6.45, 7) is 4.53. The summed E-state index contributed by atoms with van der Waals surface area (Å²) in [6.07, 6.45) is 1.45. The fourth-order valence-corrected chi connectivity index (χ4v) is 2.49. The van der Waals surface area contributed by atoms with E-state index in [1.807, 2.05) is 13.8 Å². The molecule has 0 saturated heterocycles. The van der Waals surface area contributed by atoms with Gasteiger partial charge in [-0.1, -0.05) is 19.9 Å². The number of carbonyl (C=O) groups is 1. The van der Waals surface area contributed by atoms with E-state index in [4.69, 9.17) is 5.11 Å². The van der Waals surface area contributed by atoms with Gasteiger partial charge in [0.05, 0.1) is 10.5 Å². The maximum atomic E-state index is 12.1. The first kappa shape index (κ1) is 17.6. The van der Waals surface area contributed by atoms with Gasteiger partial charge in [0.1, 0.15) is 4.47 Å². The number of rotatable bonds is 7. The Balaban J connectivity index is 2.77. The van der Waals surface area contributed by atoms with Gasteiger partial charge in [-0.3, -0.25) is 14.9 Å². The van der Waals surface area contributed by atoms with Crippen molar-refractivity contribution in [2.45, 2.75) is 26.7 Å². The molecule has 0 aliphatic carbocycles. The molecular weight excluding hydrogens is 340 g/mol. The number of aliphatic hydroxyl groups is 1. The second kappa shape index (κ2) is 7.51. The van der Waals surface area contributed by atoms with Gasteiger partial charge in [-0.05, 0) is 40.3 Å². The van der Waals surface area contributed by atoms with Crippen LogP contribution in [0.2, 0.25) is 0 Å². The lowest BCUT2D eigenvalue weighted by Crippen LogP contribution is -2.34. The lowest BCUT2D eigenvalue weighted by molar-refractivity contribution is -0.385. The molecule has 1 rings (SSSR count). The van der Waals surface area contributed by atoms with E-state index in [0.29, 0.717) is 13.0 Å². The Kier molecular flexibility index (Phi) is 6.29. The molecule has 21 heavy (non-hydrogen) atoms. The van der Waals surface area contributed by atoms with Crippen LogP contribution in [0, 0.1) is 15.5 Å². The van der Waals surface area contributed by atoms with Crippen LogP contribution in [-0.4, -0.2) is 29.1 Å². The Morgan fingerprint density at radius 2 is 2.14 bits per heavy atom. The van der Waals surface area contributed by atoms with E-state index in [9.17, 15) is 14.9 Å². The van der Waals surface area contributed by atoms with Gasteiger partial charge < -0.3 is 10.4 Å². The predicted molar refractivity (Wildman–Crippen MR) is 83.2 cm³/mol. The van der Waals surface area contributed by atoms with Crippen molar-refractivity contribution < 1.29 is 14.8 Å². The van der Waals surface area contributed by atoms with Gasteiger partial charge >= 0.3 is 0 Å². The summed E-state index contributed by atoms with van der Waals surface area (Å²) >= 11 is 3.11. The minimum Gasteiger partial charge on any atom is -0.396 e. The molecule has 0 aromatic heterocycles. The summed E-state index contributed by atoms with van der Waals surface area (Å²) in [5, 5.41) is 22.5. The smallest absolute Gasteiger partial charge is 0.284 e. The van der Waals surface area contributed by atoms with E-state index in [0.717, 1.165) is 6.42 Å². The van der Waals surface area contributed by atoms with Crippen molar-refractivity contribution in [3.8, 4) is 0 Å². The number of hydrogen-bond donors (Lipinski definition) is 2. The lowest BCUT2D eigenvalue weighted by atomic mass is 9.88. The number of nitro benzene ring substituents is 1. The van der Waals surface area contributed by atoms with Crippen molar-refractivity contribution in [2.75, 3.05) is 13.2 Å². The number of nitrogens with zero attached hydrogens (tertiary/aromatic N) is 1. The average molecular weight is 359 g/mol. The predicted octanol–water partition coefficient (Wildman–Crippen LogP) is 2.89. The van der Waals surface area contributed by atoms with Crippen LogP contribution in [0.3, 0.4) is 0 Å². The first-order valence-electron chi connectivity index (χ1n) is 6.60. The number of aliphatic hydroxyl groups excluding tert-OH is 1. The first-order valence-corrected chi connectivity index (χ1v) is 7.40. The van der Waals surface area contributed by atoms with Crippen molar-refractivity contribution in [1.29, 1.82) is 0 Å². The van der Waals surface area contributed by atoms with Gasteiger partial charge in [-0.15, -0.1) is 0 Å². The number of amides is 1. The summed E-state index contributed by atoms with van der Waals surface area (Å²) < 4.78 is 0.181. The van der Waals surface area contributed by atoms with Crippen LogP contribution in [0.4, 0.5) is 5.69 Å². The van der Waals surface area contributed by atoms with Gasteiger partial charge in [0, 0.05) is 19.2 Å². The molecular formula is C14H19BrN2O4. The van der Waals surface area contributed by atoms with Crippen LogP contribution in [0.25, 0.3) is 0 Å². The minimum atomic E-state index is -0.536. The summed E-state index contributed by atoms with van der Waals surface area (Å²) in [7, 11) is 0. The summed E-state index contributed by atoms with van der Waals surface area (Å²) in [6, 6.07) is 4.36. The summed E-state index contributed by atoms with van der Waals surface area (Å²) in [5.41, 5.74) is -0.0460. The van der Waals surface area contributed by atoms with Crippen LogP contribution in [0.15, 0.2) is 22.7 Å². The standard InChI is InChI=1S/C14H19BrN2O4/c1-14(2,7-4-8-18)9-16-13(19)10-5-3-6-11(12(10)15)17(20)21/h3,5-6,18H,4,7-9H2,1-2H3,(H,16,19). The third kappa shape index (κ3) is 5.09. The SMILES string of the molecule is CC(C)(CCCO)CNC(=O)c1cccc([N+](=O)[O-])c1Br. The molecule has 0 radical (unpaired) electrons. The zero-order chi connectivity index (χ0) is 16.0. The van der Waals surface area contributed by atoms with Crippen molar-refractivity contribution >= 4 is 27.5 Å². The maximum absolute atomic E-state index is 12.1. The topological polar surface area (TPSA) is 92.5 Å². The molecule has 0 aliphatic heterocycles. The van der Waals surface area contributed by atoms with E-state index in [1.54, 1.807) is 0 Å². The molecule has 6 nitrogen and oxygen atoms in total. The highest BCUT2D eigenvalue weighted by atomic mass is 79.9. The molecule has 0 heterocycles. The summed E-state index contributed by atoms with van der Waals surface area (Å²) in [4.78, 5) is 22.5. The van der Waals surface area contributed by atoms with Crippen molar-refractivity contribution in [3.05, 3.63) is 38.3 Å². The van der Waals surface area contributed by atoms with Crippen LogP contribution < -0.4 is 5.32 Å². The molecule has 116 valence electrons. The van der Waals surface area contributed by atoms with Gasteiger partial charge in [0.2, 0.25) is 0 Å². The van der Waals surface area contributed by atoms with Crippen LogP contribution in [0.1, 0.15) is 37.0 Å². The number of benzene rings is 1. The van der Waals surface area contributed by atoms with Gasteiger partial charge in [0.15, 0.2) is 0 Å². The Morgan fingerprint density at radius 1 is 1.48 bits per heavy atom. The number of nitrogens with one attached hydrogen (secondary N) is 1. The van der Waals surface area contributed by atoms with Gasteiger partial charge in [0.25, 0.3) is 11.6 Å². The molecule has 0 aliphatic rings. The van der Waals surface area contributed by atoms with Crippen LogP contribution >= 0.6 is 15.9 Å². The zero-order valence-corrected chi connectivity index (χ0v) is 13.6. The largest absolute Gasteiger partial charge is 0.396 e. The second-order valence-electron chi connectivity index (χ2n) is 5.57. The molecule has 0 spiro atoms. The molecule has 0 bridgehead atoms. The quantitative estimate of drug-likeness (QED) is 0.578. The molecule has 0 unspecified atom stereocenters. The maximum Gasteiger partial charge on any atom is 0.284 e. The highest BCUT2D eigenvalue weighted by Gasteiger charge is 2.22. The van der Waals surface area contributed by atoms with Gasteiger partial charge in [-0.25, -0.2) is 0 Å². The number of hydrogen-bond acceptors (Lipinski definition) is 4. The Bertz CT molecular complexity index is 532. The Labute approximate surface area is 131 Å². The molecule has 7 heteroatoms.